The molecule has 2 aromatic rings. The Morgan fingerprint density at radius 1 is 1.32 bits per heavy atom. The van der Waals surface area contributed by atoms with E-state index in [4.69, 9.17) is 0 Å². The van der Waals surface area contributed by atoms with E-state index in [2.05, 4.69) is 10.3 Å². The number of anilines is 1. The summed E-state index contributed by atoms with van der Waals surface area (Å²) < 4.78 is 0. The maximum absolute atomic E-state index is 12.9. The van der Waals surface area contributed by atoms with E-state index in [1.807, 2.05) is 26.2 Å². The molecule has 0 bridgehead atoms. The van der Waals surface area contributed by atoms with E-state index in [9.17, 15) is 19.7 Å². The lowest BCUT2D eigenvalue weighted by atomic mass is 10.1. The number of hydrogen-bond donors (Lipinski definition) is 1. The molecule has 0 aliphatic heterocycles. The second-order valence-electron chi connectivity index (χ2n) is 7.01. The first-order valence-corrected chi connectivity index (χ1v) is 9.81. The van der Waals surface area contributed by atoms with Gasteiger partial charge in [0.2, 0.25) is 5.91 Å². The fraction of sp³-hybridized carbons (Fsp3) is 0.421. The molecule has 0 radical (unpaired) electrons. The van der Waals surface area contributed by atoms with E-state index in [0.717, 1.165) is 5.69 Å². The summed E-state index contributed by atoms with van der Waals surface area (Å²) in [7, 11) is 0. The third-order valence-electron chi connectivity index (χ3n) is 4.12. The van der Waals surface area contributed by atoms with Crippen LogP contribution in [0.15, 0.2) is 23.6 Å². The first-order chi connectivity index (χ1) is 13.2. The van der Waals surface area contributed by atoms with E-state index in [-0.39, 0.29) is 23.7 Å². The molecule has 9 heteroatoms. The molecule has 0 fully saturated rings. The van der Waals surface area contributed by atoms with Crippen molar-refractivity contribution in [3.63, 3.8) is 0 Å². The maximum atomic E-state index is 12.9. The van der Waals surface area contributed by atoms with Crippen molar-refractivity contribution in [3.8, 4) is 0 Å². The lowest BCUT2D eigenvalue weighted by Gasteiger charge is -2.23. The number of carbonyl (C=O) groups is 2. The number of rotatable bonds is 8. The molecule has 28 heavy (non-hydrogen) atoms. The zero-order valence-corrected chi connectivity index (χ0v) is 17.2. The smallest absolute Gasteiger partial charge is 0.273 e. The molecule has 0 unspecified atom stereocenters. The molecule has 0 aliphatic carbocycles. The van der Waals surface area contributed by atoms with Crippen molar-refractivity contribution >= 4 is 34.0 Å². The minimum Gasteiger partial charge on any atom is -0.329 e. The van der Waals surface area contributed by atoms with Crippen LogP contribution in [0.1, 0.15) is 41.9 Å². The van der Waals surface area contributed by atoms with Gasteiger partial charge in [-0.2, -0.15) is 0 Å². The number of carbonyl (C=O) groups excluding carboxylic acids is 2. The highest BCUT2D eigenvalue weighted by atomic mass is 32.1. The average molecular weight is 404 g/mol. The normalized spacial score (nSPS) is 10.8. The van der Waals surface area contributed by atoms with Gasteiger partial charge in [0, 0.05) is 29.1 Å². The van der Waals surface area contributed by atoms with Crippen molar-refractivity contribution in [2.45, 2.75) is 34.1 Å². The molecular formula is C19H24N4O4S. The first-order valence-electron chi connectivity index (χ1n) is 8.93. The van der Waals surface area contributed by atoms with Gasteiger partial charge >= 0.3 is 0 Å². The number of hydrogen-bond acceptors (Lipinski definition) is 6. The summed E-state index contributed by atoms with van der Waals surface area (Å²) in [5.41, 5.74) is 1.36. The van der Waals surface area contributed by atoms with Crippen molar-refractivity contribution in [3.05, 3.63) is 50.5 Å². The Hall–Kier alpha value is -2.81. The molecule has 150 valence electrons. The lowest BCUT2D eigenvalue weighted by Crippen LogP contribution is -2.39. The van der Waals surface area contributed by atoms with Crippen LogP contribution in [0, 0.1) is 29.9 Å². The van der Waals surface area contributed by atoms with Crippen LogP contribution in [0.25, 0.3) is 0 Å². The molecule has 1 aromatic carbocycles. The van der Waals surface area contributed by atoms with Gasteiger partial charge in [-0.05, 0) is 32.3 Å². The summed E-state index contributed by atoms with van der Waals surface area (Å²) >= 11 is 1.31. The van der Waals surface area contributed by atoms with E-state index in [1.54, 1.807) is 19.1 Å². The number of nitrogens with one attached hydrogen (secondary N) is 1. The molecule has 0 saturated carbocycles. The molecule has 8 nitrogen and oxygen atoms in total. The van der Waals surface area contributed by atoms with Crippen LogP contribution in [-0.2, 0) is 4.79 Å². The van der Waals surface area contributed by atoms with Gasteiger partial charge in [-0.15, -0.1) is 11.3 Å². The lowest BCUT2D eigenvalue weighted by molar-refractivity contribution is -0.385. The minimum atomic E-state index is -0.512. The van der Waals surface area contributed by atoms with Gasteiger partial charge < -0.3 is 10.2 Å². The van der Waals surface area contributed by atoms with E-state index >= 15 is 0 Å². The van der Waals surface area contributed by atoms with Crippen molar-refractivity contribution in [1.82, 2.24) is 9.88 Å². The molecule has 0 atom stereocenters. The summed E-state index contributed by atoms with van der Waals surface area (Å²) in [4.78, 5) is 41.6. The summed E-state index contributed by atoms with van der Waals surface area (Å²) in [6, 6.07) is 4.36. The number of amides is 2. The molecule has 0 saturated heterocycles. The fourth-order valence-corrected chi connectivity index (χ4v) is 3.24. The molecular weight excluding hydrogens is 380 g/mol. The molecule has 0 spiro atoms. The number of aryl methyl sites for hydroxylation is 2. The van der Waals surface area contributed by atoms with Crippen LogP contribution >= 0.6 is 11.3 Å². The van der Waals surface area contributed by atoms with Crippen LogP contribution in [0.4, 0.5) is 10.8 Å². The van der Waals surface area contributed by atoms with Crippen molar-refractivity contribution < 1.29 is 14.5 Å². The van der Waals surface area contributed by atoms with Crippen LogP contribution in [-0.4, -0.2) is 39.7 Å². The van der Waals surface area contributed by atoms with Crippen LogP contribution in [0.5, 0.6) is 0 Å². The molecule has 1 aromatic heterocycles. The molecule has 1 heterocycles. The molecule has 1 N–H and O–H groups in total. The number of aromatic nitrogens is 1. The summed E-state index contributed by atoms with van der Waals surface area (Å²) in [6.07, 6.45) is 0.712. The minimum absolute atomic E-state index is 0.114. The number of nitrogens with zero attached hydrogens (tertiary/aromatic N) is 3. The van der Waals surface area contributed by atoms with Crippen molar-refractivity contribution in [1.29, 1.82) is 0 Å². The van der Waals surface area contributed by atoms with Crippen molar-refractivity contribution in [2.75, 3.05) is 18.4 Å². The largest absolute Gasteiger partial charge is 0.329 e. The second-order valence-corrected chi connectivity index (χ2v) is 7.87. The Kier molecular flexibility index (Phi) is 7.22. The van der Waals surface area contributed by atoms with Gasteiger partial charge in [-0.1, -0.05) is 19.9 Å². The van der Waals surface area contributed by atoms with Crippen LogP contribution in [0.2, 0.25) is 0 Å². The van der Waals surface area contributed by atoms with Gasteiger partial charge in [0.05, 0.1) is 10.6 Å². The highest BCUT2D eigenvalue weighted by molar-refractivity contribution is 7.13. The number of thiazole rings is 1. The van der Waals surface area contributed by atoms with Gasteiger partial charge in [0.1, 0.15) is 6.54 Å². The predicted octanol–water partition coefficient (Wildman–Crippen LogP) is 3.80. The fourth-order valence-electron chi connectivity index (χ4n) is 2.53. The van der Waals surface area contributed by atoms with Crippen LogP contribution in [0.3, 0.4) is 0 Å². The number of nitro benzene ring substituents is 1. The first kappa shape index (κ1) is 21.5. The van der Waals surface area contributed by atoms with E-state index in [1.165, 1.54) is 22.3 Å². The van der Waals surface area contributed by atoms with Gasteiger partial charge in [-0.3, -0.25) is 19.7 Å². The Morgan fingerprint density at radius 3 is 2.61 bits per heavy atom. The average Bonchev–Trinajstić information content (AvgIpc) is 3.02. The van der Waals surface area contributed by atoms with E-state index in [0.29, 0.717) is 29.6 Å². The van der Waals surface area contributed by atoms with Gasteiger partial charge in [-0.25, -0.2) is 4.98 Å². The maximum Gasteiger partial charge on any atom is 0.273 e. The Bertz CT molecular complexity index is 879. The third-order valence-corrected chi connectivity index (χ3v) is 4.99. The number of nitro groups is 1. The van der Waals surface area contributed by atoms with Gasteiger partial charge in [0.25, 0.3) is 11.6 Å². The highest BCUT2D eigenvalue weighted by Gasteiger charge is 2.22. The SMILES string of the molecule is Cc1csc(NC(=O)CN(CCC(C)C)C(=O)c2ccc(C)c([N+](=O)[O-])c2)n1. The summed E-state index contributed by atoms with van der Waals surface area (Å²) in [5, 5.41) is 16.2. The highest BCUT2D eigenvalue weighted by Crippen LogP contribution is 2.21. The zero-order chi connectivity index (χ0) is 20.8. The summed E-state index contributed by atoms with van der Waals surface area (Å²) in [5.74, 6) is -0.422. The Balaban J connectivity index is 2.19. The topological polar surface area (TPSA) is 105 Å². The van der Waals surface area contributed by atoms with Crippen molar-refractivity contribution in [2.24, 2.45) is 5.92 Å². The quantitative estimate of drug-likeness (QED) is 0.532. The standard InChI is InChI=1S/C19H24N4O4S/c1-12(2)7-8-22(10-17(24)21-19-20-14(4)11-28-19)18(25)15-6-5-13(3)16(9-15)23(26)27/h5-6,9,11-12H,7-8,10H2,1-4H3,(H,20,21,24). The van der Waals surface area contributed by atoms with Crippen LogP contribution < -0.4 is 5.32 Å². The molecule has 0 aliphatic rings. The van der Waals surface area contributed by atoms with Gasteiger partial charge in [0.15, 0.2) is 5.13 Å². The number of benzene rings is 1. The Morgan fingerprint density at radius 2 is 2.04 bits per heavy atom. The monoisotopic (exact) mass is 404 g/mol. The molecule has 2 rings (SSSR count). The summed E-state index contributed by atoms with van der Waals surface area (Å²) in [6.45, 7) is 7.73. The Labute approximate surface area is 167 Å². The van der Waals surface area contributed by atoms with E-state index < -0.39 is 10.8 Å². The molecule has 2 amide bonds. The predicted molar refractivity (Wildman–Crippen MR) is 109 cm³/mol. The zero-order valence-electron chi connectivity index (χ0n) is 16.4. The second kappa shape index (κ2) is 9.41. The third kappa shape index (κ3) is 5.85.